The minimum atomic E-state index is -1.21. The van der Waals surface area contributed by atoms with E-state index in [-0.39, 0.29) is 61.7 Å². The van der Waals surface area contributed by atoms with Crippen LogP contribution >= 0.6 is 0 Å². The second kappa shape index (κ2) is 34.9. The molecule has 22 nitrogen and oxygen atoms in total. The Kier molecular flexibility index (Phi) is 31.6. The highest BCUT2D eigenvalue weighted by Gasteiger charge is 2.44. The number of hydrogen-bond donors (Lipinski definition) is 4. The summed E-state index contributed by atoms with van der Waals surface area (Å²) in [5, 5.41) is 11.2. The summed E-state index contributed by atoms with van der Waals surface area (Å²) in [7, 11) is 10.3. The Balaban J connectivity index is 4.32. The van der Waals surface area contributed by atoms with Crippen LogP contribution in [0, 0.1) is 47.3 Å². The van der Waals surface area contributed by atoms with Crippen LogP contribution in [0.4, 0.5) is 0 Å². The van der Waals surface area contributed by atoms with Crippen LogP contribution in [-0.2, 0) is 52.7 Å². The van der Waals surface area contributed by atoms with Gasteiger partial charge in [-0.3, -0.25) is 52.7 Å². The monoisotopic (exact) mass is 1200 g/mol. The van der Waals surface area contributed by atoms with E-state index in [4.69, 9.17) is 0 Å². The minimum Gasteiger partial charge on any atom is -0.343 e. The van der Waals surface area contributed by atoms with Gasteiger partial charge in [0.05, 0.1) is 6.54 Å². The molecule has 85 heavy (non-hydrogen) atoms. The van der Waals surface area contributed by atoms with Crippen LogP contribution in [0.1, 0.15) is 163 Å². The van der Waals surface area contributed by atoms with Gasteiger partial charge in [-0.15, -0.1) is 0 Å². The van der Waals surface area contributed by atoms with E-state index in [9.17, 15) is 43.2 Å². The highest BCUT2D eigenvalue weighted by molar-refractivity contribution is 5.99. The van der Waals surface area contributed by atoms with Crippen molar-refractivity contribution >= 4 is 65.0 Å². The Hall–Kier alpha value is -6.09. The van der Waals surface area contributed by atoms with Gasteiger partial charge in [-0.1, -0.05) is 116 Å². The smallest absolute Gasteiger partial charge is 0.246 e. The molecule has 0 aliphatic carbocycles. The molecule has 0 bridgehead atoms. The SMILES string of the molecule is CC=CCC(C)CC1C(=O)NC(C(C)C)C(=O)N(C)CC(=O)N(C)C(CC(C)C)C(=O)NC(C(C)C)C(=O)N(C)C(CC(C)C)C(=O)NC(C)C(=O)NC(C)C(=O)N(C)C(CC(C)C)C(=O)N(C)C(CC(C)C)C(=O)N(C)C(C(C)C)C(=O)N1C. The summed E-state index contributed by atoms with van der Waals surface area (Å²) >= 11 is 0. The van der Waals surface area contributed by atoms with Crippen LogP contribution in [0.25, 0.3) is 0 Å². The van der Waals surface area contributed by atoms with Gasteiger partial charge in [0.2, 0.25) is 65.0 Å². The minimum absolute atomic E-state index is 0.117. The number of rotatable bonds is 15. The van der Waals surface area contributed by atoms with Gasteiger partial charge in [-0.25, -0.2) is 0 Å². The second-order valence-electron chi connectivity index (χ2n) is 26.8. The normalized spacial score (nSPS) is 26.6. The van der Waals surface area contributed by atoms with Gasteiger partial charge in [0, 0.05) is 49.3 Å². The molecule has 4 N–H and O–H groups in total. The van der Waals surface area contributed by atoms with Crippen LogP contribution in [0.3, 0.4) is 0 Å². The second-order valence-corrected chi connectivity index (χ2v) is 26.8. The lowest BCUT2D eigenvalue weighted by Crippen LogP contribution is -2.62. The number of hydrogen-bond acceptors (Lipinski definition) is 11. The van der Waals surface area contributed by atoms with Crippen molar-refractivity contribution in [2.75, 3.05) is 55.9 Å². The third-order valence-electron chi connectivity index (χ3n) is 16.1. The number of amides is 11. The summed E-state index contributed by atoms with van der Waals surface area (Å²) in [6, 6.07) is -11.5. The Labute approximate surface area is 510 Å². The zero-order valence-electron chi connectivity index (χ0n) is 56.6. The summed E-state index contributed by atoms with van der Waals surface area (Å²) in [5.41, 5.74) is 0. The molecule has 0 radical (unpaired) electrons. The average molecular weight is 1200 g/mol. The van der Waals surface area contributed by atoms with Crippen molar-refractivity contribution in [2.45, 2.75) is 224 Å². The number of carbonyl (C=O) groups is 11. The third-order valence-corrected chi connectivity index (χ3v) is 16.1. The van der Waals surface area contributed by atoms with Crippen LogP contribution in [0.5, 0.6) is 0 Å². The maximum absolute atomic E-state index is 15.2. The lowest BCUT2D eigenvalue weighted by atomic mass is 9.93. The molecule has 11 amide bonds. The molecule has 486 valence electrons. The van der Waals surface area contributed by atoms with Crippen LogP contribution < -0.4 is 21.3 Å². The van der Waals surface area contributed by atoms with Crippen LogP contribution in [0.15, 0.2) is 12.2 Å². The van der Waals surface area contributed by atoms with Crippen molar-refractivity contribution in [3.63, 3.8) is 0 Å². The van der Waals surface area contributed by atoms with Gasteiger partial charge < -0.3 is 55.6 Å². The summed E-state index contributed by atoms with van der Waals surface area (Å²) in [5.74, 6) is -8.85. The van der Waals surface area contributed by atoms with Gasteiger partial charge in [0.15, 0.2) is 0 Å². The quantitative estimate of drug-likeness (QED) is 0.166. The van der Waals surface area contributed by atoms with Gasteiger partial charge in [-0.2, -0.15) is 0 Å². The molecular formula is C63H113N11O11. The number of carbonyl (C=O) groups excluding carboxylic acids is 11. The van der Waals surface area contributed by atoms with E-state index in [1.165, 1.54) is 97.5 Å². The lowest BCUT2D eigenvalue weighted by molar-refractivity contribution is -0.156. The molecule has 11 unspecified atom stereocenters. The Morgan fingerprint density at radius 1 is 0.388 bits per heavy atom. The Morgan fingerprint density at radius 3 is 1.16 bits per heavy atom. The fourth-order valence-corrected chi connectivity index (χ4v) is 10.8. The van der Waals surface area contributed by atoms with Crippen molar-refractivity contribution in [2.24, 2.45) is 47.3 Å². The van der Waals surface area contributed by atoms with Crippen molar-refractivity contribution < 1.29 is 52.7 Å². The average Bonchev–Trinajstić information content (AvgIpc) is 3.59. The van der Waals surface area contributed by atoms with Crippen LogP contribution in [0.2, 0.25) is 0 Å². The highest BCUT2D eigenvalue weighted by atomic mass is 16.2. The Bertz CT molecular complexity index is 2320. The van der Waals surface area contributed by atoms with E-state index in [1.54, 1.807) is 41.5 Å². The fraction of sp³-hybridized carbons (Fsp3) is 0.794. The molecule has 22 heteroatoms. The van der Waals surface area contributed by atoms with Gasteiger partial charge >= 0.3 is 0 Å². The molecule has 1 aliphatic rings. The molecule has 1 heterocycles. The van der Waals surface area contributed by atoms with Crippen LogP contribution in [-0.4, -0.2) is 216 Å². The first-order valence-corrected chi connectivity index (χ1v) is 30.8. The molecule has 11 atom stereocenters. The van der Waals surface area contributed by atoms with Gasteiger partial charge in [-0.05, 0) is 107 Å². The van der Waals surface area contributed by atoms with Crippen molar-refractivity contribution in [1.29, 1.82) is 0 Å². The number of likely N-dealkylation sites (N-methyl/N-ethyl adjacent to an activating group) is 7. The first-order valence-electron chi connectivity index (χ1n) is 30.8. The summed E-state index contributed by atoms with van der Waals surface area (Å²) < 4.78 is 0. The highest BCUT2D eigenvalue weighted by Crippen LogP contribution is 2.25. The van der Waals surface area contributed by atoms with E-state index in [2.05, 4.69) is 21.3 Å². The molecule has 0 spiro atoms. The van der Waals surface area contributed by atoms with E-state index >= 15 is 9.59 Å². The zero-order chi connectivity index (χ0) is 66.0. The summed E-state index contributed by atoms with van der Waals surface area (Å²) in [6.07, 6.45) is 5.31. The largest absolute Gasteiger partial charge is 0.343 e. The fourth-order valence-electron chi connectivity index (χ4n) is 10.8. The molecule has 0 saturated carbocycles. The first-order chi connectivity index (χ1) is 39.2. The third kappa shape index (κ3) is 22.3. The van der Waals surface area contributed by atoms with Gasteiger partial charge in [0.1, 0.15) is 60.4 Å². The van der Waals surface area contributed by atoms with E-state index in [0.29, 0.717) is 6.42 Å². The number of allylic oxidation sites excluding steroid dienone is 2. The summed E-state index contributed by atoms with van der Waals surface area (Å²) in [6.45, 7) is 31.9. The number of nitrogens with zero attached hydrogens (tertiary/aromatic N) is 7. The standard InChI is InChI=1S/C63H113N11O11/c1-26-27-28-42(16)33-47-57(79)66-51(39(10)11)61(83)68(19)34-50(75)69(20)45(29-35(2)3)56(78)67-52(40(12)13)62(84)70(21)46(30-36(4)5)55(77)64-43(17)54(76)65-44(18)58(80)72(23)48(31-37(6)7)59(81)73(24)49(32-38(8)9)60(82)74(25)53(41(14)15)63(85)71(47)22/h26-27,35-49,51-53H,28-34H2,1-25H3,(H,64,77)(H,65,76)(H,66,79)(H,67,78). The van der Waals surface area contributed by atoms with Crippen molar-refractivity contribution in [3.05, 3.63) is 12.2 Å². The van der Waals surface area contributed by atoms with E-state index in [1.807, 2.05) is 81.4 Å². The predicted octanol–water partition coefficient (Wildman–Crippen LogP) is 4.54. The van der Waals surface area contributed by atoms with E-state index in [0.717, 1.165) is 0 Å². The maximum atomic E-state index is 15.2. The molecule has 1 rings (SSSR count). The molecule has 0 aromatic rings. The lowest BCUT2D eigenvalue weighted by Gasteiger charge is -2.41. The predicted molar refractivity (Wildman–Crippen MR) is 332 cm³/mol. The first kappa shape index (κ1) is 76.9. The maximum Gasteiger partial charge on any atom is 0.246 e. The topological polar surface area (TPSA) is 259 Å². The van der Waals surface area contributed by atoms with Crippen molar-refractivity contribution in [3.8, 4) is 0 Å². The van der Waals surface area contributed by atoms with E-state index < -0.39 is 150 Å². The van der Waals surface area contributed by atoms with Gasteiger partial charge in [0.25, 0.3) is 0 Å². The molecule has 0 aromatic carbocycles. The molecular weight excluding hydrogens is 1090 g/mol. The summed E-state index contributed by atoms with van der Waals surface area (Å²) in [4.78, 5) is 170. The number of nitrogens with one attached hydrogen (secondary N) is 4. The Morgan fingerprint density at radius 2 is 0.741 bits per heavy atom. The zero-order valence-corrected chi connectivity index (χ0v) is 56.6. The molecule has 1 aliphatic heterocycles. The van der Waals surface area contributed by atoms with Crippen molar-refractivity contribution in [1.82, 2.24) is 55.6 Å². The molecule has 1 fully saturated rings. The molecule has 1 saturated heterocycles. The molecule has 0 aromatic heterocycles.